The lowest BCUT2D eigenvalue weighted by Crippen LogP contribution is -2.29. The summed E-state index contributed by atoms with van der Waals surface area (Å²) in [6.07, 6.45) is 5.06. The SMILES string of the molecule is C#CCNC(=O)COc1cc(CNCC)ccc1OC. The smallest absolute Gasteiger partial charge is 0.258 e. The fraction of sp³-hybridized carbons (Fsp3) is 0.400. The third-order valence-electron chi connectivity index (χ3n) is 2.55. The number of carbonyl (C=O) groups is 1. The number of nitrogens with one attached hydrogen (secondary N) is 2. The predicted octanol–water partition coefficient (Wildman–Crippen LogP) is 0.933. The predicted molar refractivity (Wildman–Crippen MR) is 77.7 cm³/mol. The highest BCUT2D eigenvalue weighted by Gasteiger charge is 2.08. The first kappa shape index (κ1) is 15.9. The van der Waals surface area contributed by atoms with E-state index < -0.39 is 0 Å². The van der Waals surface area contributed by atoms with Crippen molar-refractivity contribution in [2.24, 2.45) is 0 Å². The van der Waals surface area contributed by atoms with Crippen LogP contribution in [0, 0.1) is 12.3 Å². The molecule has 0 spiro atoms. The molecule has 0 saturated carbocycles. The molecule has 1 aromatic rings. The van der Waals surface area contributed by atoms with Crippen LogP contribution in [0.15, 0.2) is 18.2 Å². The molecular formula is C15H20N2O3. The quantitative estimate of drug-likeness (QED) is 0.694. The highest BCUT2D eigenvalue weighted by molar-refractivity contribution is 5.77. The largest absolute Gasteiger partial charge is 0.493 e. The summed E-state index contributed by atoms with van der Waals surface area (Å²) in [7, 11) is 1.56. The average Bonchev–Trinajstić information content (AvgIpc) is 2.48. The number of rotatable bonds is 8. The fourth-order valence-electron chi connectivity index (χ4n) is 1.56. The topological polar surface area (TPSA) is 59.6 Å². The molecule has 0 unspecified atom stereocenters. The second-order valence-corrected chi connectivity index (χ2v) is 4.04. The van der Waals surface area contributed by atoms with Gasteiger partial charge in [0, 0.05) is 6.54 Å². The van der Waals surface area contributed by atoms with Crippen molar-refractivity contribution >= 4 is 5.91 Å². The van der Waals surface area contributed by atoms with Gasteiger partial charge >= 0.3 is 0 Å². The maximum atomic E-state index is 11.4. The molecule has 0 atom stereocenters. The van der Waals surface area contributed by atoms with E-state index in [9.17, 15) is 4.79 Å². The zero-order valence-electron chi connectivity index (χ0n) is 11.9. The van der Waals surface area contributed by atoms with Gasteiger partial charge in [-0.15, -0.1) is 6.42 Å². The zero-order chi connectivity index (χ0) is 14.8. The van der Waals surface area contributed by atoms with Crippen LogP contribution in [0.4, 0.5) is 0 Å². The molecule has 1 aromatic carbocycles. The van der Waals surface area contributed by atoms with E-state index in [-0.39, 0.29) is 19.1 Å². The van der Waals surface area contributed by atoms with Gasteiger partial charge in [0.1, 0.15) is 0 Å². The van der Waals surface area contributed by atoms with Crippen molar-refractivity contribution in [3.05, 3.63) is 23.8 Å². The minimum atomic E-state index is -0.262. The van der Waals surface area contributed by atoms with Crippen LogP contribution >= 0.6 is 0 Å². The lowest BCUT2D eigenvalue weighted by Gasteiger charge is -2.12. The molecule has 0 aliphatic carbocycles. The van der Waals surface area contributed by atoms with Crippen LogP contribution in [0.5, 0.6) is 11.5 Å². The van der Waals surface area contributed by atoms with Gasteiger partial charge in [0.05, 0.1) is 13.7 Å². The van der Waals surface area contributed by atoms with Crippen LogP contribution in [0.25, 0.3) is 0 Å². The molecule has 108 valence electrons. The van der Waals surface area contributed by atoms with Crippen molar-refractivity contribution in [3.63, 3.8) is 0 Å². The van der Waals surface area contributed by atoms with Gasteiger partial charge in [-0.05, 0) is 24.2 Å². The summed E-state index contributed by atoms with van der Waals surface area (Å²) in [6.45, 7) is 3.76. The number of carbonyl (C=O) groups excluding carboxylic acids is 1. The summed E-state index contributed by atoms with van der Waals surface area (Å²) in [5.74, 6) is 3.20. The van der Waals surface area contributed by atoms with Gasteiger partial charge in [0.15, 0.2) is 18.1 Å². The molecule has 0 saturated heterocycles. The molecule has 1 rings (SSSR count). The van der Waals surface area contributed by atoms with E-state index in [1.54, 1.807) is 7.11 Å². The Morgan fingerprint density at radius 3 is 2.85 bits per heavy atom. The molecule has 0 heterocycles. The second kappa shape index (κ2) is 8.83. The van der Waals surface area contributed by atoms with E-state index >= 15 is 0 Å². The van der Waals surface area contributed by atoms with Gasteiger partial charge in [-0.25, -0.2) is 0 Å². The number of ether oxygens (including phenoxy) is 2. The summed E-state index contributed by atoms with van der Waals surface area (Å²) in [4.78, 5) is 11.4. The highest BCUT2D eigenvalue weighted by atomic mass is 16.5. The summed E-state index contributed by atoms with van der Waals surface area (Å²) in [5.41, 5.74) is 1.06. The first-order chi connectivity index (χ1) is 9.71. The van der Waals surface area contributed by atoms with Gasteiger partial charge in [-0.1, -0.05) is 18.9 Å². The van der Waals surface area contributed by atoms with Crippen LogP contribution in [0.2, 0.25) is 0 Å². The van der Waals surface area contributed by atoms with Crippen LogP contribution in [-0.2, 0) is 11.3 Å². The van der Waals surface area contributed by atoms with Crippen molar-refractivity contribution in [2.45, 2.75) is 13.5 Å². The van der Waals surface area contributed by atoms with E-state index in [4.69, 9.17) is 15.9 Å². The van der Waals surface area contributed by atoms with E-state index in [1.807, 2.05) is 25.1 Å². The monoisotopic (exact) mass is 276 g/mol. The van der Waals surface area contributed by atoms with Crippen molar-refractivity contribution in [3.8, 4) is 23.8 Å². The van der Waals surface area contributed by atoms with Gasteiger partial charge < -0.3 is 20.1 Å². The second-order valence-electron chi connectivity index (χ2n) is 4.04. The molecule has 0 radical (unpaired) electrons. The number of hydrogen-bond acceptors (Lipinski definition) is 4. The molecule has 5 nitrogen and oxygen atoms in total. The summed E-state index contributed by atoms with van der Waals surface area (Å²) < 4.78 is 10.7. The van der Waals surface area contributed by atoms with Crippen molar-refractivity contribution in [2.75, 3.05) is 26.8 Å². The molecule has 0 aliphatic heterocycles. The lowest BCUT2D eigenvalue weighted by molar-refractivity contribution is -0.122. The van der Waals surface area contributed by atoms with Gasteiger partial charge in [-0.3, -0.25) is 4.79 Å². The fourth-order valence-corrected chi connectivity index (χ4v) is 1.56. The molecule has 20 heavy (non-hydrogen) atoms. The Labute approximate surface area is 119 Å². The molecule has 2 N–H and O–H groups in total. The molecule has 1 amide bonds. The summed E-state index contributed by atoms with van der Waals surface area (Å²) >= 11 is 0. The first-order valence-corrected chi connectivity index (χ1v) is 6.41. The Hall–Kier alpha value is -2.19. The van der Waals surface area contributed by atoms with E-state index in [0.29, 0.717) is 11.5 Å². The molecule has 5 heteroatoms. The van der Waals surface area contributed by atoms with Crippen LogP contribution < -0.4 is 20.1 Å². The number of benzene rings is 1. The molecule has 0 fully saturated rings. The lowest BCUT2D eigenvalue weighted by atomic mass is 10.2. The summed E-state index contributed by atoms with van der Waals surface area (Å²) in [6, 6.07) is 5.63. The van der Waals surface area contributed by atoms with Crippen LogP contribution in [-0.4, -0.2) is 32.7 Å². The Bertz CT molecular complexity index is 480. The number of terminal acetylenes is 1. The molecule has 0 bridgehead atoms. The van der Waals surface area contributed by atoms with E-state index in [2.05, 4.69) is 16.6 Å². The van der Waals surface area contributed by atoms with Crippen molar-refractivity contribution in [1.82, 2.24) is 10.6 Å². The van der Waals surface area contributed by atoms with Crippen LogP contribution in [0.1, 0.15) is 12.5 Å². The minimum Gasteiger partial charge on any atom is -0.493 e. The van der Waals surface area contributed by atoms with Gasteiger partial charge in [0.25, 0.3) is 5.91 Å². The first-order valence-electron chi connectivity index (χ1n) is 6.41. The Kier molecular flexibility index (Phi) is 7.01. The molecule has 0 aromatic heterocycles. The third-order valence-corrected chi connectivity index (χ3v) is 2.55. The van der Waals surface area contributed by atoms with E-state index in [0.717, 1.165) is 18.7 Å². The Morgan fingerprint density at radius 1 is 1.40 bits per heavy atom. The summed E-state index contributed by atoms with van der Waals surface area (Å²) in [5, 5.41) is 5.76. The third kappa shape index (κ3) is 5.21. The number of hydrogen-bond donors (Lipinski definition) is 2. The Balaban J connectivity index is 2.66. The molecule has 0 aliphatic rings. The normalized spacial score (nSPS) is 9.65. The highest BCUT2D eigenvalue weighted by Crippen LogP contribution is 2.27. The number of amides is 1. The maximum absolute atomic E-state index is 11.4. The van der Waals surface area contributed by atoms with E-state index in [1.165, 1.54) is 0 Å². The van der Waals surface area contributed by atoms with Crippen LogP contribution in [0.3, 0.4) is 0 Å². The van der Waals surface area contributed by atoms with Gasteiger partial charge in [-0.2, -0.15) is 0 Å². The standard InChI is InChI=1S/C15H20N2O3/c1-4-8-17-15(18)11-20-14-9-12(10-16-5-2)6-7-13(14)19-3/h1,6-7,9,16H,5,8,10-11H2,2-3H3,(H,17,18). The zero-order valence-corrected chi connectivity index (χ0v) is 11.9. The van der Waals surface area contributed by atoms with Gasteiger partial charge in [0.2, 0.25) is 0 Å². The Morgan fingerprint density at radius 2 is 2.20 bits per heavy atom. The maximum Gasteiger partial charge on any atom is 0.258 e. The van der Waals surface area contributed by atoms with Crippen molar-refractivity contribution in [1.29, 1.82) is 0 Å². The molecular weight excluding hydrogens is 256 g/mol. The number of methoxy groups -OCH3 is 1. The van der Waals surface area contributed by atoms with Crippen molar-refractivity contribution < 1.29 is 14.3 Å². The minimum absolute atomic E-state index is 0.0945. The average molecular weight is 276 g/mol.